The van der Waals surface area contributed by atoms with E-state index in [1.54, 1.807) is 17.9 Å². The van der Waals surface area contributed by atoms with Crippen LogP contribution >= 0.6 is 22.7 Å². The molecule has 0 aliphatic heterocycles. The normalized spacial score (nSPS) is 12.4. The number of amides is 1. The Morgan fingerprint density at radius 2 is 2.00 bits per heavy atom. The molecule has 1 amide bonds. The van der Waals surface area contributed by atoms with E-state index in [-0.39, 0.29) is 24.6 Å². The third kappa shape index (κ3) is 4.92. The summed E-state index contributed by atoms with van der Waals surface area (Å²) in [6, 6.07) is 1.91. The molecule has 26 heavy (non-hydrogen) atoms. The zero-order valence-electron chi connectivity index (χ0n) is 15.1. The quantitative estimate of drug-likeness (QED) is 0.658. The van der Waals surface area contributed by atoms with Crippen LogP contribution in [0.1, 0.15) is 26.3 Å². The lowest BCUT2D eigenvalue weighted by Gasteiger charge is -2.18. The Hall–Kier alpha value is -2.19. The topological polar surface area (TPSA) is 68.6 Å². The Balaban J connectivity index is 2.53. The molecule has 0 N–H and O–H groups in total. The minimum absolute atomic E-state index is 0.0975. The van der Waals surface area contributed by atoms with E-state index in [1.165, 1.54) is 33.3 Å². The molecular weight excluding hydrogens is 372 g/mol. The molecular formula is C18H22N2O4S2. The molecule has 0 saturated carbocycles. The van der Waals surface area contributed by atoms with Gasteiger partial charge in [-0.25, -0.2) is 4.79 Å². The predicted molar refractivity (Wildman–Crippen MR) is 105 cm³/mol. The van der Waals surface area contributed by atoms with Gasteiger partial charge < -0.3 is 9.64 Å². The van der Waals surface area contributed by atoms with Gasteiger partial charge in [0.15, 0.2) is 0 Å². The van der Waals surface area contributed by atoms with E-state index in [9.17, 15) is 14.4 Å². The van der Waals surface area contributed by atoms with Crippen LogP contribution in [0.4, 0.5) is 0 Å². The summed E-state index contributed by atoms with van der Waals surface area (Å²) < 4.78 is 7.18. The average molecular weight is 395 g/mol. The third-order valence-corrected chi connectivity index (χ3v) is 5.48. The predicted octanol–water partition coefficient (Wildman–Crippen LogP) is 1.01. The first-order valence-corrected chi connectivity index (χ1v) is 10.2. The summed E-state index contributed by atoms with van der Waals surface area (Å²) in [5.74, 6) is -0.685. The van der Waals surface area contributed by atoms with Crippen LogP contribution in [0.15, 0.2) is 21.6 Å². The summed E-state index contributed by atoms with van der Waals surface area (Å²) >= 11 is 2.72. The van der Waals surface area contributed by atoms with E-state index in [0.717, 1.165) is 5.56 Å². The fourth-order valence-corrected chi connectivity index (χ4v) is 4.05. The molecule has 0 bridgehead atoms. The van der Waals surface area contributed by atoms with Crippen molar-refractivity contribution in [3.05, 3.63) is 41.9 Å². The van der Waals surface area contributed by atoms with Gasteiger partial charge in [0.2, 0.25) is 5.91 Å². The highest BCUT2D eigenvalue weighted by atomic mass is 32.1. The first-order chi connectivity index (χ1) is 12.5. The summed E-state index contributed by atoms with van der Waals surface area (Å²) in [6.07, 6.45) is 3.04. The number of likely N-dealkylation sites (N-methyl/N-ethyl adjacent to an activating group) is 1. The highest BCUT2D eigenvalue weighted by Crippen LogP contribution is 2.05. The molecule has 0 aliphatic rings. The number of rotatable bonds is 7. The van der Waals surface area contributed by atoms with Crippen LogP contribution in [0.3, 0.4) is 0 Å². The highest BCUT2D eigenvalue weighted by molar-refractivity contribution is 7.08. The van der Waals surface area contributed by atoms with Crippen molar-refractivity contribution in [1.29, 1.82) is 0 Å². The summed E-state index contributed by atoms with van der Waals surface area (Å²) in [7, 11) is 0. The molecule has 2 aromatic heterocycles. The van der Waals surface area contributed by atoms with Gasteiger partial charge in [-0.1, -0.05) is 0 Å². The maximum Gasteiger partial charge on any atom is 0.333 e. The number of ether oxygens (including phenoxy) is 1. The maximum absolute atomic E-state index is 12.8. The lowest BCUT2D eigenvalue weighted by atomic mass is 10.3. The maximum atomic E-state index is 12.8. The van der Waals surface area contributed by atoms with Gasteiger partial charge in [0.25, 0.3) is 5.56 Å². The smallest absolute Gasteiger partial charge is 0.333 e. The molecule has 0 atom stereocenters. The molecule has 0 spiro atoms. The molecule has 2 rings (SSSR count). The van der Waals surface area contributed by atoms with E-state index in [0.29, 0.717) is 22.3 Å². The number of thiazole rings is 1. The minimum atomic E-state index is -0.528. The Labute approximate surface area is 159 Å². The lowest BCUT2D eigenvalue weighted by molar-refractivity contribution is -0.135. The summed E-state index contributed by atoms with van der Waals surface area (Å²) in [6.45, 7) is 6.78. The van der Waals surface area contributed by atoms with Crippen molar-refractivity contribution in [2.75, 3.05) is 19.7 Å². The molecule has 0 aliphatic carbocycles. The van der Waals surface area contributed by atoms with Crippen LogP contribution in [-0.4, -0.2) is 41.0 Å². The molecule has 0 saturated heterocycles. The standard InChI is InChI=1S/C18H22N2O4S2/c1-4-19(5-2)15(21)11-20-16(10-17(22)24-6-3)26-14(18(20)23)9-13-7-8-25-12-13/h7-10,12H,4-6,11H2,1-3H3. The van der Waals surface area contributed by atoms with Crippen molar-refractivity contribution >= 4 is 46.7 Å². The number of nitrogens with zero attached hydrogens (tertiary/aromatic N) is 2. The summed E-state index contributed by atoms with van der Waals surface area (Å²) in [4.78, 5) is 38.7. The van der Waals surface area contributed by atoms with E-state index in [4.69, 9.17) is 4.74 Å². The number of hydrogen-bond acceptors (Lipinski definition) is 6. The second-order valence-electron chi connectivity index (χ2n) is 5.36. The fraction of sp³-hybridized carbons (Fsp3) is 0.389. The van der Waals surface area contributed by atoms with Gasteiger partial charge in [-0.15, -0.1) is 11.3 Å². The summed E-state index contributed by atoms with van der Waals surface area (Å²) in [5.41, 5.74) is 0.635. The second-order valence-corrected chi connectivity index (χ2v) is 7.20. The molecule has 0 unspecified atom stereocenters. The zero-order chi connectivity index (χ0) is 19.1. The molecule has 0 fully saturated rings. The van der Waals surface area contributed by atoms with E-state index in [2.05, 4.69) is 0 Å². The minimum Gasteiger partial charge on any atom is -0.463 e. The Morgan fingerprint density at radius 3 is 2.58 bits per heavy atom. The average Bonchev–Trinajstić information content (AvgIpc) is 3.21. The second kappa shape index (κ2) is 9.49. The first kappa shape index (κ1) is 20.1. The molecule has 140 valence electrons. The molecule has 2 heterocycles. The van der Waals surface area contributed by atoms with Crippen LogP contribution in [-0.2, 0) is 20.9 Å². The van der Waals surface area contributed by atoms with Crippen molar-refractivity contribution in [3.8, 4) is 0 Å². The van der Waals surface area contributed by atoms with Crippen molar-refractivity contribution in [2.24, 2.45) is 0 Å². The highest BCUT2D eigenvalue weighted by Gasteiger charge is 2.14. The molecule has 0 aromatic carbocycles. The van der Waals surface area contributed by atoms with Gasteiger partial charge in [-0.05, 0) is 49.2 Å². The number of aromatic nitrogens is 1. The van der Waals surface area contributed by atoms with Crippen molar-refractivity contribution in [3.63, 3.8) is 0 Å². The van der Waals surface area contributed by atoms with E-state index in [1.807, 2.05) is 30.7 Å². The van der Waals surface area contributed by atoms with E-state index >= 15 is 0 Å². The molecule has 0 radical (unpaired) electrons. The van der Waals surface area contributed by atoms with Crippen LogP contribution in [0, 0.1) is 0 Å². The first-order valence-electron chi connectivity index (χ1n) is 8.39. The van der Waals surface area contributed by atoms with Crippen LogP contribution in [0.2, 0.25) is 0 Å². The van der Waals surface area contributed by atoms with Gasteiger partial charge in [0.05, 0.1) is 17.2 Å². The molecule has 2 aromatic rings. The van der Waals surface area contributed by atoms with Crippen LogP contribution < -0.4 is 14.8 Å². The molecule has 8 heteroatoms. The monoisotopic (exact) mass is 394 g/mol. The Morgan fingerprint density at radius 1 is 1.27 bits per heavy atom. The van der Waals surface area contributed by atoms with Crippen molar-refractivity contribution in [1.82, 2.24) is 9.47 Å². The fourth-order valence-electron chi connectivity index (χ4n) is 2.40. The molecule has 6 nitrogen and oxygen atoms in total. The SMILES string of the molecule is CCOC(=O)C=c1sc(=Cc2ccsc2)c(=O)n1CC(=O)N(CC)CC. The third-order valence-electron chi connectivity index (χ3n) is 3.71. The van der Waals surface area contributed by atoms with Gasteiger partial charge in [-0.3, -0.25) is 14.2 Å². The van der Waals surface area contributed by atoms with Gasteiger partial charge in [0, 0.05) is 13.1 Å². The van der Waals surface area contributed by atoms with Gasteiger partial charge in [-0.2, -0.15) is 11.3 Å². The van der Waals surface area contributed by atoms with Crippen molar-refractivity contribution in [2.45, 2.75) is 27.3 Å². The summed E-state index contributed by atoms with van der Waals surface area (Å²) in [5, 5.41) is 3.85. The number of carbonyl (C=O) groups is 2. The number of thiophene rings is 1. The lowest BCUT2D eigenvalue weighted by Crippen LogP contribution is -2.40. The van der Waals surface area contributed by atoms with Gasteiger partial charge >= 0.3 is 5.97 Å². The zero-order valence-corrected chi connectivity index (χ0v) is 16.7. The largest absolute Gasteiger partial charge is 0.463 e. The number of esters is 1. The van der Waals surface area contributed by atoms with Crippen LogP contribution in [0.5, 0.6) is 0 Å². The Kier molecular flexibility index (Phi) is 7.35. The van der Waals surface area contributed by atoms with Gasteiger partial charge in [0.1, 0.15) is 11.2 Å². The van der Waals surface area contributed by atoms with Crippen LogP contribution in [0.25, 0.3) is 12.2 Å². The number of carbonyl (C=O) groups excluding carboxylic acids is 2. The number of hydrogen-bond donors (Lipinski definition) is 0. The van der Waals surface area contributed by atoms with E-state index < -0.39 is 5.97 Å². The van der Waals surface area contributed by atoms with Crippen molar-refractivity contribution < 1.29 is 14.3 Å². The Bertz CT molecular complexity index is 922.